The highest BCUT2D eigenvalue weighted by Crippen LogP contribution is 2.26. The van der Waals surface area contributed by atoms with Crippen LogP contribution in [0.25, 0.3) is 0 Å². The highest BCUT2D eigenvalue weighted by Gasteiger charge is 2.47. The van der Waals surface area contributed by atoms with E-state index in [2.05, 4.69) is 148 Å². The van der Waals surface area contributed by atoms with Crippen LogP contribution in [0, 0.1) is 0 Å². The van der Waals surface area contributed by atoms with E-state index in [0.29, 0.717) is 12.8 Å². The fraction of sp³-hybridized carbons (Fsp3) is 0.606. The smallest absolute Gasteiger partial charge is 0.306 e. The van der Waals surface area contributed by atoms with Gasteiger partial charge < -0.3 is 45.1 Å². The van der Waals surface area contributed by atoms with Gasteiger partial charge in [-0.15, -0.1) is 0 Å². The molecule has 0 radical (unpaired) electrons. The number of allylic oxidation sites excluding steroid dienone is 23. The lowest BCUT2D eigenvalue weighted by molar-refractivity contribution is -0.305. The first-order valence-corrected chi connectivity index (χ1v) is 29.6. The van der Waals surface area contributed by atoms with Crippen LogP contribution in [0.3, 0.4) is 0 Å². The number of aliphatic hydroxyl groups is 5. The van der Waals surface area contributed by atoms with E-state index in [0.717, 1.165) is 109 Å². The lowest BCUT2D eigenvalue weighted by Crippen LogP contribution is -2.61. The second kappa shape index (κ2) is 52.3. The Morgan fingerprint density at radius 2 is 0.935 bits per heavy atom. The summed E-state index contributed by atoms with van der Waals surface area (Å²) in [5.41, 5.74) is 0. The molecule has 1 rings (SSSR count). The summed E-state index contributed by atoms with van der Waals surface area (Å²) in [5.74, 6) is -1.32. The minimum atomic E-state index is -1.65. The molecule has 0 aromatic heterocycles. The fourth-order valence-electron chi connectivity index (χ4n) is 8.10. The quantitative estimate of drug-likeness (QED) is 0.0195. The van der Waals surface area contributed by atoms with Gasteiger partial charge in [0.05, 0.1) is 25.4 Å². The van der Waals surface area contributed by atoms with Gasteiger partial charge >= 0.3 is 5.97 Å². The van der Waals surface area contributed by atoms with Crippen molar-refractivity contribution < 1.29 is 49.3 Å². The molecule has 1 aliphatic rings. The number of rotatable bonds is 47. The van der Waals surface area contributed by atoms with Crippen molar-refractivity contribution in [2.24, 2.45) is 0 Å². The van der Waals surface area contributed by atoms with E-state index < -0.39 is 67.4 Å². The highest BCUT2D eigenvalue weighted by atomic mass is 16.7. The number of unbranched alkanes of at least 4 members (excludes halogenated alkanes) is 11. The Hall–Kier alpha value is -4.46. The van der Waals surface area contributed by atoms with Crippen LogP contribution < -0.4 is 5.32 Å². The molecule has 8 atom stereocenters. The zero-order chi connectivity index (χ0) is 56.1. The largest absolute Gasteiger partial charge is 0.454 e. The summed E-state index contributed by atoms with van der Waals surface area (Å²) < 4.78 is 17.5. The van der Waals surface area contributed by atoms with Gasteiger partial charge in [-0.3, -0.25) is 9.59 Å². The van der Waals surface area contributed by atoms with Crippen molar-refractivity contribution >= 4 is 11.9 Å². The van der Waals surface area contributed by atoms with Crippen molar-refractivity contribution in [1.82, 2.24) is 5.32 Å². The number of amides is 1. The molecular formula is C66H105NO10. The van der Waals surface area contributed by atoms with Gasteiger partial charge in [-0.25, -0.2) is 0 Å². The van der Waals surface area contributed by atoms with Crippen LogP contribution in [-0.4, -0.2) is 99.6 Å². The van der Waals surface area contributed by atoms with Gasteiger partial charge in [0, 0.05) is 6.42 Å². The molecule has 0 aromatic rings. The van der Waals surface area contributed by atoms with Crippen LogP contribution in [0.15, 0.2) is 146 Å². The van der Waals surface area contributed by atoms with Crippen molar-refractivity contribution in [3.8, 4) is 0 Å². The van der Waals surface area contributed by atoms with E-state index in [4.69, 9.17) is 14.2 Å². The van der Waals surface area contributed by atoms with E-state index >= 15 is 0 Å². The molecule has 1 fully saturated rings. The number of hydrogen-bond donors (Lipinski definition) is 6. The molecule has 1 saturated heterocycles. The highest BCUT2D eigenvalue weighted by molar-refractivity contribution is 5.80. The molecule has 8 unspecified atom stereocenters. The molecule has 0 aliphatic carbocycles. The maximum atomic E-state index is 13.4. The molecule has 11 heteroatoms. The molecule has 77 heavy (non-hydrogen) atoms. The summed E-state index contributed by atoms with van der Waals surface area (Å²) in [7, 11) is 0. The standard InChI is InChI=1S/C66H105NO10/c1-4-7-10-13-16-19-22-24-26-28-29-30-31-32-34-36-39-42-45-48-51-54-61(71)77-64-63(73)62(72)60(55-68)76-66(64)75-56-57(58(69)52-49-46-43-40-37-21-18-15-12-9-6-3)67-65(74)59(70)53-50-47-44-41-38-35-33-27-25-23-20-17-14-11-8-5-2/h7-8,10-11,16-17,19-20,24-27,29-30,32,34-35,38-39,42,44,47,49,52,57-60,62-64,66,68-70,72-73H,4-6,9,12-15,18,21-23,28,31,33,36-37,40-41,43,45-46,48,50-51,53-56H2,1-3H3,(H,67,74)/b10-7-,11-8-,19-16-,20-17-,26-24-,27-25-,30-29-,34-32-,38-35-,42-39-,47-44-,52-49+. The van der Waals surface area contributed by atoms with Crippen LogP contribution in [0.4, 0.5) is 0 Å². The van der Waals surface area contributed by atoms with Crippen LogP contribution in [0.2, 0.25) is 0 Å². The van der Waals surface area contributed by atoms with Gasteiger partial charge in [0.25, 0.3) is 0 Å². The number of aliphatic hydroxyl groups excluding tert-OH is 5. The van der Waals surface area contributed by atoms with E-state index in [9.17, 15) is 35.1 Å². The zero-order valence-corrected chi connectivity index (χ0v) is 47.8. The Labute approximate surface area is 466 Å². The van der Waals surface area contributed by atoms with Crippen molar-refractivity contribution in [3.05, 3.63) is 146 Å². The first-order chi connectivity index (χ1) is 37.7. The SMILES string of the molecule is CC/C=C\C/C=C\C/C=C\C/C=C\C/C=C\C/C=C\CCCCC(=O)OC1C(OCC(NC(=O)C(O)CC/C=C\C/C=C\C/C=C\C/C=C\C/C=C\CC)C(O)/C=C/CCCCCCCCCCC)OC(CO)C(O)C1O. The van der Waals surface area contributed by atoms with Crippen LogP contribution in [-0.2, 0) is 23.8 Å². The number of carbonyl (C=O) groups is 2. The lowest BCUT2D eigenvalue weighted by Gasteiger charge is -2.41. The van der Waals surface area contributed by atoms with Gasteiger partial charge in [-0.1, -0.05) is 218 Å². The molecule has 0 aromatic carbocycles. The molecule has 0 spiro atoms. The summed E-state index contributed by atoms with van der Waals surface area (Å²) >= 11 is 0. The first kappa shape index (κ1) is 70.6. The molecule has 0 saturated carbocycles. The molecule has 1 aliphatic heterocycles. The maximum absolute atomic E-state index is 13.4. The monoisotopic (exact) mass is 1070 g/mol. The van der Waals surface area contributed by atoms with Gasteiger partial charge in [0.2, 0.25) is 5.91 Å². The number of carbonyl (C=O) groups excluding carboxylic acids is 2. The topological polar surface area (TPSA) is 175 Å². The predicted octanol–water partition coefficient (Wildman–Crippen LogP) is 13.8. The summed E-state index contributed by atoms with van der Waals surface area (Å²) in [5, 5.41) is 56.8. The van der Waals surface area contributed by atoms with E-state index in [1.807, 2.05) is 18.2 Å². The third-order valence-electron chi connectivity index (χ3n) is 12.7. The fourth-order valence-corrected chi connectivity index (χ4v) is 8.10. The minimum absolute atomic E-state index is 0.0523. The second-order valence-corrected chi connectivity index (χ2v) is 19.6. The number of ether oxygens (including phenoxy) is 3. The van der Waals surface area contributed by atoms with Crippen LogP contribution in [0.1, 0.15) is 194 Å². The second-order valence-electron chi connectivity index (χ2n) is 19.6. The van der Waals surface area contributed by atoms with E-state index in [1.165, 1.54) is 38.5 Å². The molecule has 1 amide bonds. The number of nitrogens with one attached hydrogen (secondary N) is 1. The summed E-state index contributed by atoms with van der Waals surface area (Å²) in [6.45, 7) is 5.46. The van der Waals surface area contributed by atoms with E-state index in [1.54, 1.807) is 6.08 Å². The van der Waals surface area contributed by atoms with Gasteiger partial charge in [0.15, 0.2) is 12.4 Å². The molecular weight excluding hydrogens is 967 g/mol. The summed E-state index contributed by atoms with van der Waals surface area (Å²) in [4.78, 5) is 26.5. The lowest BCUT2D eigenvalue weighted by atomic mass is 9.99. The molecule has 0 bridgehead atoms. The maximum Gasteiger partial charge on any atom is 0.306 e. The van der Waals surface area contributed by atoms with Gasteiger partial charge in [0.1, 0.15) is 24.4 Å². The van der Waals surface area contributed by atoms with Crippen molar-refractivity contribution in [1.29, 1.82) is 0 Å². The average Bonchev–Trinajstić information content (AvgIpc) is 3.43. The van der Waals surface area contributed by atoms with Gasteiger partial charge in [-0.05, 0) is 116 Å². The average molecular weight is 1070 g/mol. The molecule has 434 valence electrons. The molecule has 6 N–H and O–H groups in total. The zero-order valence-electron chi connectivity index (χ0n) is 47.8. The van der Waals surface area contributed by atoms with Crippen molar-refractivity contribution in [3.63, 3.8) is 0 Å². The minimum Gasteiger partial charge on any atom is -0.454 e. The third kappa shape index (κ3) is 40.4. The Morgan fingerprint density at radius 3 is 1.40 bits per heavy atom. The van der Waals surface area contributed by atoms with E-state index in [-0.39, 0.29) is 19.4 Å². The summed E-state index contributed by atoms with van der Waals surface area (Å²) in [6.07, 6.45) is 64.7. The Bertz CT molecular complexity index is 1800. The summed E-state index contributed by atoms with van der Waals surface area (Å²) in [6, 6.07) is -1.07. The molecule has 11 nitrogen and oxygen atoms in total. The Morgan fingerprint density at radius 1 is 0.519 bits per heavy atom. The normalized spacial score (nSPS) is 20.1. The van der Waals surface area contributed by atoms with Gasteiger partial charge in [-0.2, -0.15) is 0 Å². The Kier molecular flexibility index (Phi) is 47.9. The molecule has 1 heterocycles. The van der Waals surface area contributed by atoms with Crippen LogP contribution >= 0.6 is 0 Å². The van der Waals surface area contributed by atoms with Crippen LogP contribution in [0.5, 0.6) is 0 Å². The Balaban J connectivity index is 2.77. The number of esters is 1. The predicted molar refractivity (Wildman–Crippen MR) is 319 cm³/mol. The van der Waals surface area contributed by atoms with Crippen molar-refractivity contribution in [2.45, 2.75) is 243 Å². The van der Waals surface area contributed by atoms with Crippen molar-refractivity contribution in [2.75, 3.05) is 13.2 Å². The number of hydrogen-bond acceptors (Lipinski definition) is 10. The third-order valence-corrected chi connectivity index (χ3v) is 12.7. The first-order valence-electron chi connectivity index (χ1n) is 29.6.